The fourth-order valence-corrected chi connectivity index (χ4v) is 9.93. The van der Waals surface area contributed by atoms with Crippen LogP contribution in [-0.2, 0) is 0 Å². The molecule has 0 N–H and O–H groups in total. The Hall–Kier alpha value is -7.62. The third-order valence-corrected chi connectivity index (χ3v) is 12.3. The second-order valence-corrected chi connectivity index (χ2v) is 15.3. The molecule has 0 fully saturated rings. The van der Waals surface area contributed by atoms with Crippen LogP contribution in [0.4, 0.5) is 17.1 Å². The molecule has 57 heavy (non-hydrogen) atoms. The topological polar surface area (TPSA) is 12.1 Å². The van der Waals surface area contributed by atoms with Crippen LogP contribution >= 0.6 is 0 Å². The van der Waals surface area contributed by atoms with Gasteiger partial charge in [0, 0.05) is 60.2 Å². The van der Waals surface area contributed by atoms with Gasteiger partial charge in [0.2, 0.25) is 0 Å². The molecule has 0 saturated carbocycles. The highest BCUT2D eigenvalue weighted by Gasteiger charge is 2.26. The van der Waals surface area contributed by atoms with Crippen molar-refractivity contribution in [1.82, 2.24) is 8.80 Å². The van der Waals surface area contributed by atoms with E-state index in [0.717, 1.165) is 17.1 Å². The summed E-state index contributed by atoms with van der Waals surface area (Å²) in [5.41, 5.74) is 15.8. The van der Waals surface area contributed by atoms with Crippen LogP contribution in [0.1, 0.15) is 0 Å². The zero-order valence-corrected chi connectivity index (χ0v) is 30.9. The van der Waals surface area contributed by atoms with Gasteiger partial charge in [0.05, 0.1) is 33.1 Å². The van der Waals surface area contributed by atoms with Crippen molar-refractivity contribution in [3.63, 3.8) is 0 Å². The van der Waals surface area contributed by atoms with E-state index in [0.29, 0.717) is 0 Å². The first-order valence-electron chi connectivity index (χ1n) is 19.7. The molecule has 0 amide bonds. The molecule has 0 atom stereocenters. The normalized spacial score (nSPS) is 12.2. The molecule has 0 unspecified atom stereocenters. The summed E-state index contributed by atoms with van der Waals surface area (Å²) in [5, 5.41) is 10.2. The van der Waals surface area contributed by atoms with Crippen molar-refractivity contribution in [2.24, 2.45) is 0 Å². The lowest BCUT2D eigenvalue weighted by Gasteiger charge is -2.25. The Bertz CT molecular complexity index is 3620. The smallest absolute Gasteiger partial charge is 0.0641 e. The molecule has 3 heteroatoms. The third kappa shape index (κ3) is 4.20. The van der Waals surface area contributed by atoms with Gasteiger partial charge in [-0.25, -0.2) is 0 Å². The van der Waals surface area contributed by atoms with Gasteiger partial charge < -0.3 is 13.7 Å². The molecular weight excluding hydrogens is 691 g/mol. The fourth-order valence-electron chi connectivity index (χ4n) is 9.93. The zero-order chi connectivity index (χ0) is 37.2. The van der Waals surface area contributed by atoms with Crippen molar-refractivity contribution in [2.45, 2.75) is 0 Å². The van der Waals surface area contributed by atoms with E-state index in [4.69, 9.17) is 0 Å². The largest absolute Gasteiger partial charge is 0.310 e. The van der Waals surface area contributed by atoms with Crippen molar-refractivity contribution in [3.05, 3.63) is 200 Å². The minimum Gasteiger partial charge on any atom is -0.310 e. The lowest BCUT2D eigenvalue weighted by molar-refractivity contribution is 1.29. The molecule has 0 saturated heterocycles. The van der Waals surface area contributed by atoms with Crippen LogP contribution in [0.25, 0.3) is 98.4 Å². The molecule has 0 aliphatic rings. The van der Waals surface area contributed by atoms with Crippen LogP contribution in [0.3, 0.4) is 0 Å². The van der Waals surface area contributed by atoms with Crippen molar-refractivity contribution in [1.29, 1.82) is 0 Å². The molecule has 13 aromatic rings. The number of fused-ring (bicyclic) bond motifs is 13. The summed E-state index contributed by atoms with van der Waals surface area (Å²) in [6.07, 6.45) is 0. The quantitative estimate of drug-likeness (QED) is 0.172. The maximum absolute atomic E-state index is 2.58. The van der Waals surface area contributed by atoms with E-state index < -0.39 is 0 Å². The maximum Gasteiger partial charge on any atom is 0.0641 e. The molecule has 264 valence electrons. The van der Waals surface area contributed by atoms with Gasteiger partial charge in [-0.2, -0.15) is 0 Å². The molecule has 0 aliphatic heterocycles. The number of nitrogens with zero attached hydrogens (tertiary/aromatic N) is 3. The lowest BCUT2D eigenvalue weighted by Crippen LogP contribution is -2.09. The van der Waals surface area contributed by atoms with Gasteiger partial charge in [-0.1, -0.05) is 127 Å². The Morgan fingerprint density at radius 3 is 1.47 bits per heavy atom. The van der Waals surface area contributed by atoms with Gasteiger partial charge in [0.1, 0.15) is 0 Å². The Morgan fingerprint density at radius 1 is 0.263 bits per heavy atom. The van der Waals surface area contributed by atoms with Crippen molar-refractivity contribution >= 4 is 93.3 Å². The van der Waals surface area contributed by atoms with E-state index in [9.17, 15) is 0 Å². The summed E-state index contributed by atoms with van der Waals surface area (Å²) in [5.74, 6) is 0. The van der Waals surface area contributed by atoms with Crippen LogP contribution < -0.4 is 4.90 Å². The van der Waals surface area contributed by atoms with Gasteiger partial charge >= 0.3 is 0 Å². The minimum absolute atomic E-state index is 1.13. The van der Waals surface area contributed by atoms with Crippen molar-refractivity contribution in [3.8, 4) is 22.3 Å². The highest BCUT2D eigenvalue weighted by atomic mass is 15.1. The van der Waals surface area contributed by atoms with Gasteiger partial charge in [0.25, 0.3) is 0 Å². The van der Waals surface area contributed by atoms with Crippen molar-refractivity contribution in [2.75, 3.05) is 4.90 Å². The summed E-state index contributed by atoms with van der Waals surface area (Å²) >= 11 is 0. The zero-order valence-electron chi connectivity index (χ0n) is 30.9. The van der Waals surface area contributed by atoms with Gasteiger partial charge in [-0.15, -0.1) is 0 Å². The molecule has 4 heterocycles. The first kappa shape index (κ1) is 30.7. The van der Waals surface area contributed by atoms with E-state index in [1.807, 2.05) is 0 Å². The lowest BCUT2D eigenvalue weighted by atomic mass is 9.97. The summed E-state index contributed by atoms with van der Waals surface area (Å²) in [7, 11) is 0. The van der Waals surface area contributed by atoms with Crippen LogP contribution in [0.5, 0.6) is 0 Å². The number of rotatable bonds is 5. The second-order valence-electron chi connectivity index (χ2n) is 15.3. The Labute approximate surface area is 328 Å². The Morgan fingerprint density at radius 2 is 0.772 bits per heavy atom. The molecule has 0 radical (unpaired) electrons. The maximum atomic E-state index is 2.58. The molecule has 3 nitrogen and oxygen atoms in total. The number of benzene rings is 9. The van der Waals surface area contributed by atoms with E-state index >= 15 is 0 Å². The number of hydrogen-bond donors (Lipinski definition) is 0. The molecule has 0 aliphatic carbocycles. The standard InChI is InChI=1S/C54H33N3/c1-5-15-34(16-6-1)36-25-27-49-43(29-36)45-31-37(35-17-7-2-8-18-35)30-44-42-26-28-50-51(54(42)57(49)52(44)45)47-33-40(32-46-41-23-13-14-24-48(41)56(50)53(46)47)55(38-19-9-3-10-20-38)39-21-11-4-12-22-39/h1-33H. The summed E-state index contributed by atoms with van der Waals surface area (Å²) in [6.45, 7) is 0. The SMILES string of the molecule is c1ccc(-c2ccc3c(c2)c2cc(-c4ccccc4)cc4c5ccc6c(c7cc(N(c8ccccc8)c8ccccc8)cc8c9ccccc9n6c87)c5n3c24)cc1. The molecule has 9 aromatic carbocycles. The van der Waals surface area contributed by atoms with Crippen molar-refractivity contribution < 1.29 is 0 Å². The fraction of sp³-hybridized carbons (Fsp3) is 0. The Balaban J connectivity index is 1.22. The van der Waals surface area contributed by atoms with Gasteiger partial charge in [-0.3, -0.25) is 0 Å². The van der Waals surface area contributed by atoms with Crippen LogP contribution in [0.2, 0.25) is 0 Å². The van der Waals surface area contributed by atoms with E-state index in [-0.39, 0.29) is 0 Å². The minimum atomic E-state index is 1.13. The summed E-state index contributed by atoms with van der Waals surface area (Å²) in [6, 6.07) is 73.5. The van der Waals surface area contributed by atoms with Gasteiger partial charge in [0.15, 0.2) is 0 Å². The number of hydrogen-bond acceptors (Lipinski definition) is 1. The number of aromatic nitrogens is 2. The average molecular weight is 724 g/mol. The molecule has 0 bridgehead atoms. The third-order valence-electron chi connectivity index (χ3n) is 12.3. The van der Waals surface area contributed by atoms with E-state index in [1.165, 1.54) is 98.4 Å². The van der Waals surface area contributed by atoms with Gasteiger partial charge in [-0.05, 0) is 95.1 Å². The summed E-state index contributed by atoms with van der Waals surface area (Å²) < 4.78 is 5.10. The second kappa shape index (κ2) is 11.5. The molecule has 4 aromatic heterocycles. The Kier molecular flexibility index (Phi) is 6.16. The van der Waals surface area contributed by atoms with Crippen LogP contribution in [0, 0.1) is 0 Å². The predicted molar refractivity (Wildman–Crippen MR) is 241 cm³/mol. The monoisotopic (exact) mass is 723 g/mol. The average Bonchev–Trinajstić information content (AvgIpc) is 4.00. The highest BCUT2D eigenvalue weighted by molar-refractivity contribution is 6.34. The number of para-hydroxylation sites is 3. The molecule has 0 spiro atoms. The molecule has 13 rings (SSSR count). The first-order valence-corrected chi connectivity index (χ1v) is 19.7. The molecular formula is C54H33N3. The predicted octanol–water partition coefficient (Wildman–Crippen LogP) is 14.8. The van der Waals surface area contributed by atoms with Crippen LogP contribution in [-0.4, -0.2) is 8.80 Å². The highest BCUT2D eigenvalue weighted by Crippen LogP contribution is 2.49. The number of anilines is 3. The van der Waals surface area contributed by atoms with E-state index in [2.05, 4.69) is 214 Å². The first-order chi connectivity index (χ1) is 28.3. The van der Waals surface area contributed by atoms with Crippen LogP contribution in [0.15, 0.2) is 200 Å². The summed E-state index contributed by atoms with van der Waals surface area (Å²) in [4.78, 5) is 2.40. The van der Waals surface area contributed by atoms with E-state index in [1.54, 1.807) is 0 Å².